The summed E-state index contributed by atoms with van der Waals surface area (Å²) in [6.07, 6.45) is 6.03. The van der Waals surface area contributed by atoms with E-state index in [2.05, 4.69) is 32.2 Å². The standard InChI is InChI=1S/C16H28N2O/c1-12(2)15-7-6-13(3)9-16(15,11-17)18-10-14-5-4-8-19-14/h12-15,18H,4-10H2,1-3H3. The molecule has 4 atom stereocenters. The van der Waals surface area contributed by atoms with Crippen LogP contribution >= 0.6 is 0 Å². The molecule has 0 aromatic rings. The Morgan fingerprint density at radius 3 is 2.74 bits per heavy atom. The second-order valence-corrected chi connectivity index (χ2v) is 6.84. The van der Waals surface area contributed by atoms with Crippen molar-refractivity contribution in [2.75, 3.05) is 13.2 Å². The lowest BCUT2D eigenvalue weighted by Gasteiger charge is -2.44. The van der Waals surface area contributed by atoms with Crippen LogP contribution in [0.3, 0.4) is 0 Å². The molecule has 2 aliphatic rings. The highest BCUT2D eigenvalue weighted by molar-refractivity contribution is 5.14. The second kappa shape index (κ2) is 6.24. The first-order valence-corrected chi connectivity index (χ1v) is 7.85. The number of hydrogen-bond donors (Lipinski definition) is 1. The molecule has 3 heteroatoms. The molecular formula is C16H28N2O. The Balaban J connectivity index is 2.05. The first-order valence-electron chi connectivity index (χ1n) is 7.85. The SMILES string of the molecule is CC1CCC(C(C)C)C(C#N)(NCC2CCCO2)C1. The van der Waals surface area contributed by atoms with Crippen LogP contribution < -0.4 is 5.32 Å². The van der Waals surface area contributed by atoms with Gasteiger partial charge in [-0.3, -0.25) is 5.32 Å². The smallest absolute Gasteiger partial charge is 0.110 e. The van der Waals surface area contributed by atoms with Crippen LogP contribution in [0.15, 0.2) is 0 Å². The van der Waals surface area contributed by atoms with Crippen molar-refractivity contribution in [2.45, 2.75) is 64.5 Å². The van der Waals surface area contributed by atoms with Crippen molar-refractivity contribution in [1.29, 1.82) is 5.26 Å². The van der Waals surface area contributed by atoms with Crippen molar-refractivity contribution in [1.82, 2.24) is 5.32 Å². The number of ether oxygens (including phenoxy) is 1. The Bertz CT molecular complexity index is 330. The highest BCUT2D eigenvalue weighted by Gasteiger charge is 2.44. The molecule has 0 bridgehead atoms. The normalized spacial score (nSPS) is 39.4. The van der Waals surface area contributed by atoms with E-state index >= 15 is 0 Å². The molecule has 0 radical (unpaired) electrons. The van der Waals surface area contributed by atoms with Gasteiger partial charge in [0.25, 0.3) is 0 Å². The van der Waals surface area contributed by atoms with E-state index in [0.29, 0.717) is 23.9 Å². The fourth-order valence-corrected chi connectivity index (χ4v) is 3.89. The predicted molar refractivity (Wildman–Crippen MR) is 76.7 cm³/mol. The zero-order chi connectivity index (χ0) is 13.9. The molecule has 0 aromatic heterocycles. The van der Waals surface area contributed by atoms with E-state index in [1.807, 2.05) is 0 Å². The summed E-state index contributed by atoms with van der Waals surface area (Å²) < 4.78 is 5.68. The third kappa shape index (κ3) is 3.30. The quantitative estimate of drug-likeness (QED) is 0.848. The Labute approximate surface area is 117 Å². The number of hydrogen-bond acceptors (Lipinski definition) is 3. The maximum absolute atomic E-state index is 9.80. The van der Waals surface area contributed by atoms with Gasteiger partial charge in [-0.25, -0.2) is 0 Å². The number of nitrogens with one attached hydrogen (secondary N) is 1. The Morgan fingerprint density at radius 1 is 1.37 bits per heavy atom. The molecule has 1 saturated heterocycles. The summed E-state index contributed by atoms with van der Waals surface area (Å²) in [5.74, 6) is 1.67. The van der Waals surface area contributed by atoms with Crippen molar-refractivity contribution >= 4 is 0 Å². The van der Waals surface area contributed by atoms with Crippen molar-refractivity contribution in [3.05, 3.63) is 0 Å². The van der Waals surface area contributed by atoms with Crippen LogP contribution in [-0.2, 0) is 4.74 Å². The lowest BCUT2D eigenvalue weighted by Crippen LogP contribution is -2.56. The van der Waals surface area contributed by atoms with E-state index in [-0.39, 0.29) is 5.54 Å². The molecule has 2 fully saturated rings. The summed E-state index contributed by atoms with van der Waals surface area (Å²) >= 11 is 0. The van der Waals surface area contributed by atoms with Gasteiger partial charge in [0, 0.05) is 13.2 Å². The van der Waals surface area contributed by atoms with Gasteiger partial charge in [0.2, 0.25) is 0 Å². The van der Waals surface area contributed by atoms with Crippen molar-refractivity contribution in [3.63, 3.8) is 0 Å². The fraction of sp³-hybridized carbons (Fsp3) is 0.938. The van der Waals surface area contributed by atoms with Gasteiger partial charge in [0.05, 0.1) is 12.2 Å². The van der Waals surface area contributed by atoms with E-state index < -0.39 is 0 Å². The zero-order valence-corrected chi connectivity index (χ0v) is 12.6. The van der Waals surface area contributed by atoms with Gasteiger partial charge in [0.1, 0.15) is 5.54 Å². The maximum atomic E-state index is 9.80. The van der Waals surface area contributed by atoms with Crippen molar-refractivity contribution in [2.24, 2.45) is 17.8 Å². The number of rotatable bonds is 4. The van der Waals surface area contributed by atoms with Gasteiger partial charge in [-0.15, -0.1) is 0 Å². The molecule has 1 aliphatic carbocycles. The summed E-state index contributed by atoms with van der Waals surface area (Å²) in [5, 5.41) is 13.4. The monoisotopic (exact) mass is 264 g/mol. The molecule has 4 unspecified atom stereocenters. The summed E-state index contributed by atoms with van der Waals surface area (Å²) in [6.45, 7) is 8.50. The molecule has 2 rings (SSSR count). The zero-order valence-electron chi connectivity index (χ0n) is 12.6. The second-order valence-electron chi connectivity index (χ2n) is 6.84. The van der Waals surface area contributed by atoms with Gasteiger partial charge in [-0.1, -0.05) is 27.2 Å². The average Bonchev–Trinajstić information content (AvgIpc) is 2.89. The van der Waals surface area contributed by atoms with Gasteiger partial charge < -0.3 is 4.74 Å². The lowest BCUT2D eigenvalue weighted by atomic mass is 9.65. The molecule has 1 N–H and O–H groups in total. The topological polar surface area (TPSA) is 45.0 Å². The van der Waals surface area contributed by atoms with E-state index in [4.69, 9.17) is 4.74 Å². The molecule has 0 spiro atoms. The van der Waals surface area contributed by atoms with E-state index in [0.717, 1.165) is 32.4 Å². The van der Waals surface area contributed by atoms with E-state index in [9.17, 15) is 5.26 Å². The van der Waals surface area contributed by atoms with E-state index in [1.54, 1.807) is 0 Å². The van der Waals surface area contributed by atoms with Crippen LogP contribution in [0.4, 0.5) is 0 Å². The van der Waals surface area contributed by atoms with Crippen molar-refractivity contribution < 1.29 is 4.74 Å². The minimum Gasteiger partial charge on any atom is -0.377 e. The summed E-state index contributed by atoms with van der Waals surface area (Å²) in [7, 11) is 0. The van der Waals surface area contributed by atoms with Gasteiger partial charge in [-0.05, 0) is 43.4 Å². The van der Waals surface area contributed by atoms with Crippen LogP contribution in [0.2, 0.25) is 0 Å². The molecule has 19 heavy (non-hydrogen) atoms. The van der Waals surface area contributed by atoms with Crippen LogP contribution in [0.1, 0.15) is 52.9 Å². The summed E-state index contributed by atoms with van der Waals surface area (Å²) in [6, 6.07) is 2.64. The predicted octanol–water partition coefficient (Wildman–Crippen LogP) is 3.11. The van der Waals surface area contributed by atoms with Gasteiger partial charge in [0.15, 0.2) is 0 Å². The summed E-state index contributed by atoms with van der Waals surface area (Å²) in [5.41, 5.74) is -0.336. The van der Waals surface area contributed by atoms with Gasteiger partial charge >= 0.3 is 0 Å². The Morgan fingerprint density at radius 2 is 2.16 bits per heavy atom. The first kappa shape index (κ1) is 14.8. The summed E-state index contributed by atoms with van der Waals surface area (Å²) in [4.78, 5) is 0. The third-order valence-electron chi connectivity index (χ3n) is 4.95. The molecular weight excluding hydrogens is 236 g/mol. The van der Waals surface area contributed by atoms with Crippen LogP contribution in [0, 0.1) is 29.1 Å². The van der Waals surface area contributed by atoms with Crippen molar-refractivity contribution in [3.8, 4) is 6.07 Å². The largest absolute Gasteiger partial charge is 0.377 e. The molecule has 1 saturated carbocycles. The van der Waals surface area contributed by atoms with Crippen LogP contribution in [-0.4, -0.2) is 24.8 Å². The molecule has 3 nitrogen and oxygen atoms in total. The lowest BCUT2D eigenvalue weighted by molar-refractivity contribution is 0.0748. The Kier molecular flexibility index (Phi) is 4.86. The highest BCUT2D eigenvalue weighted by atomic mass is 16.5. The molecule has 1 heterocycles. The third-order valence-corrected chi connectivity index (χ3v) is 4.95. The minimum atomic E-state index is -0.336. The fourth-order valence-electron chi connectivity index (χ4n) is 3.89. The average molecular weight is 264 g/mol. The molecule has 0 aromatic carbocycles. The van der Waals surface area contributed by atoms with Crippen LogP contribution in [0.25, 0.3) is 0 Å². The van der Waals surface area contributed by atoms with Gasteiger partial charge in [-0.2, -0.15) is 5.26 Å². The maximum Gasteiger partial charge on any atom is 0.110 e. The molecule has 108 valence electrons. The van der Waals surface area contributed by atoms with Crippen LogP contribution in [0.5, 0.6) is 0 Å². The van der Waals surface area contributed by atoms with E-state index in [1.165, 1.54) is 12.8 Å². The highest BCUT2D eigenvalue weighted by Crippen LogP contribution is 2.40. The molecule has 0 amide bonds. The Hall–Kier alpha value is -0.590. The number of nitriles is 1. The first-order chi connectivity index (χ1) is 9.07. The minimum absolute atomic E-state index is 0.315. The number of nitrogens with zero attached hydrogens (tertiary/aromatic N) is 1. The molecule has 1 aliphatic heterocycles.